The highest BCUT2D eigenvalue weighted by molar-refractivity contribution is 5.99. The molecule has 1 aliphatic carbocycles. The summed E-state index contributed by atoms with van der Waals surface area (Å²) in [5.41, 5.74) is 3.15. The Morgan fingerprint density at radius 2 is 2.17 bits per heavy atom. The van der Waals surface area contributed by atoms with E-state index in [1.54, 1.807) is 14.2 Å². The Morgan fingerprint density at radius 1 is 1.31 bits per heavy atom. The van der Waals surface area contributed by atoms with Gasteiger partial charge in [0.1, 0.15) is 0 Å². The lowest BCUT2D eigenvalue weighted by molar-refractivity contribution is -0.132. The molecule has 0 unspecified atom stereocenters. The zero-order valence-corrected chi connectivity index (χ0v) is 16.8. The smallest absolute Gasteiger partial charge is 0.229 e. The number of nitrogens with zero attached hydrogens (tertiary/aromatic N) is 2. The number of ether oxygens (including phenoxy) is 3. The molecule has 6 aliphatic rings. The van der Waals surface area contributed by atoms with E-state index in [9.17, 15) is 4.79 Å². The molecule has 6 atom stereocenters. The van der Waals surface area contributed by atoms with E-state index in [1.165, 1.54) is 5.57 Å². The van der Waals surface area contributed by atoms with Crippen molar-refractivity contribution in [2.45, 2.75) is 42.9 Å². The van der Waals surface area contributed by atoms with Crippen LogP contribution in [0.25, 0.3) is 0 Å². The number of methoxy groups -OCH3 is 2. The number of piperidine rings is 2. The van der Waals surface area contributed by atoms with Crippen LogP contribution >= 0.6 is 0 Å². The summed E-state index contributed by atoms with van der Waals surface area (Å²) in [7, 11) is 3.19. The molecule has 5 aliphatic heterocycles. The molecule has 1 aromatic rings. The van der Waals surface area contributed by atoms with Crippen LogP contribution in [0.15, 0.2) is 23.8 Å². The van der Waals surface area contributed by atoms with Gasteiger partial charge in [0.25, 0.3) is 0 Å². The fourth-order valence-corrected chi connectivity index (χ4v) is 7.75. The predicted octanol–water partition coefficient (Wildman–Crippen LogP) is 2.11. The second kappa shape index (κ2) is 5.35. The summed E-state index contributed by atoms with van der Waals surface area (Å²) in [6, 6.07) is 2.74. The van der Waals surface area contributed by atoms with Crippen molar-refractivity contribution in [3.8, 4) is 11.5 Å². The average Bonchev–Trinajstić information content (AvgIpc) is 3.21. The molecule has 1 spiro atoms. The van der Waals surface area contributed by atoms with Gasteiger partial charge in [0, 0.05) is 30.0 Å². The maximum Gasteiger partial charge on any atom is 0.229 e. The maximum atomic E-state index is 13.5. The molecule has 7 rings (SSSR count). The topological polar surface area (TPSA) is 51.2 Å². The molecule has 0 radical (unpaired) electrons. The van der Waals surface area contributed by atoms with E-state index >= 15 is 0 Å². The third kappa shape index (κ3) is 1.76. The summed E-state index contributed by atoms with van der Waals surface area (Å²) in [6.45, 7) is 2.62. The van der Waals surface area contributed by atoms with Crippen molar-refractivity contribution >= 4 is 11.6 Å². The number of carbonyl (C=O) groups is 1. The lowest BCUT2D eigenvalue weighted by Crippen LogP contribution is -2.69. The van der Waals surface area contributed by atoms with Crippen LogP contribution in [0.5, 0.6) is 11.5 Å². The van der Waals surface area contributed by atoms with Crippen molar-refractivity contribution in [3.63, 3.8) is 0 Å². The van der Waals surface area contributed by atoms with E-state index in [0.29, 0.717) is 42.5 Å². The van der Waals surface area contributed by atoms with Gasteiger partial charge in [-0.1, -0.05) is 11.6 Å². The first-order valence-electron chi connectivity index (χ1n) is 11.2. The van der Waals surface area contributed by atoms with E-state index in [0.717, 1.165) is 37.2 Å². The van der Waals surface area contributed by atoms with Crippen molar-refractivity contribution < 1.29 is 20.4 Å². The molecule has 1 aromatic carbocycles. The summed E-state index contributed by atoms with van der Waals surface area (Å²) in [5.74, 6) is 1.88. The van der Waals surface area contributed by atoms with Crippen LogP contribution in [0.2, 0.25) is 0 Å². The second-order valence-corrected chi connectivity index (χ2v) is 9.39. The Kier molecular flexibility index (Phi) is 2.90. The molecule has 6 nitrogen and oxygen atoms in total. The van der Waals surface area contributed by atoms with Gasteiger partial charge in [0.2, 0.25) is 5.91 Å². The molecule has 1 amide bonds. The van der Waals surface area contributed by atoms with Crippen LogP contribution in [0.4, 0.5) is 5.69 Å². The first-order chi connectivity index (χ1) is 14.6. The van der Waals surface area contributed by atoms with Crippen LogP contribution in [0.1, 0.15) is 26.2 Å². The zero-order valence-electron chi connectivity index (χ0n) is 17.8. The van der Waals surface area contributed by atoms with Crippen molar-refractivity contribution in [1.29, 1.82) is 0 Å². The van der Waals surface area contributed by atoms with Gasteiger partial charge in [-0.3, -0.25) is 9.69 Å². The highest BCUT2D eigenvalue weighted by atomic mass is 16.5. The Morgan fingerprint density at radius 3 is 3.00 bits per heavy atom. The third-order valence-corrected chi connectivity index (χ3v) is 8.69. The Bertz CT molecular complexity index is 1020. The summed E-state index contributed by atoms with van der Waals surface area (Å²) < 4.78 is 26.6. The molecule has 0 aromatic heterocycles. The average molecular weight is 395 g/mol. The molecular weight excluding hydrogens is 368 g/mol. The molecule has 3 saturated heterocycles. The quantitative estimate of drug-likeness (QED) is 0.718. The molecule has 2 bridgehead atoms. The molecule has 5 heterocycles. The van der Waals surface area contributed by atoms with E-state index in [4.69, 9.17) is 15.6 Å². The standard InChI is InChI=1S/C23H26N2O4/c1-27-16-8-14-15(9-17(16)28-2)25-20(26)10-18-21-13-7-19-23(14,22(21)25)4-5-24(19)11-12(13)3-6-29-18/h3,8-9,13,18-19,21-22H,4-7,10-11H2,1-2H3/t13-,18-,19-,21-,22-,23+/m0/s1/i8D. The highest BCUT2D eigenvalue weighted by Crippen LogP contribution is 2.66. The van der Waals surface area contributed by atoms with Crippen molar-refractivity contribution in [2.24, 2.45) is 11.8 Å². The van der Waals surface area contributed by atoms with Crippen LogP contribution < -0.4 is 14.4 Å². The van der Waals surface area contributed by atoms with Crippen LogP contribution in [0, 0.1) is 11.8 Å². The molecule has 152 valence electrons. The van der Waals surface area contributed by atoms with Gasteiger partial charge in [-0.15, -0.1) is 0 Å². The van der Waals surface area contributed by atoms with E-state index in [2.05, 4.69) is 11.0 Å². The van der Waals surface area contributed by atoms with Gasteiger partial charge in [-0.05, 0) is 36.9 Å². The van der Waals surface area contributed by atoms with Crippen LogP contribution in [-0.2, 0) is 14.9 Å². The maximum absolute atomic E-state index is 13.5. The molecule has 1 saturated carbocycles. The second-order valence-electron chi connectivity index (χ2n) is 9.39. The van der Waals surface area contributed by atoms with Gasteiger partial charge in [0.15, 0.2) is 11.5 Å². The number of anilines is 1. The number of rotatable bonds is 2. The number of carbonyl (C=O) groups excluding carboxylic acids is 1. The van der Waals surface area contributed by atoms with Crippen molar-refractivity contribution in [1.82, 2.24) is 4.90 Å². The normalized spacial score (nSPS) is 41.5. The van der Waals surface area contributed by atoms with Gasteiger partial charge in [-0.25, -0.2) is 0 Å². The first-order valence-corrected chi connectivity index (χ1v) is 10.7. The SMILES string of the molecule is [2H]c1c(OC)c(OC)cc2c1[C@@]13CCN4CC5=CCO[C@H]6CC(=O)N2[C@H]1[C@H]6[C@H]5C[C@H]43. The van der Waals surface area contributed by atoms with Gasteiger partial charge >= 0.3 is 0 Å². The first kappa shape index (κ1) is 15.7. The molecule has 6 heteroatoms. The fourth-order valence-electron chi connectivity index (χ4n) is 7.75. The number of amides is 1. The Balaban J connectivity index is 1.55. The summed E-state index contributed by atoms with van der Waals surface area (Å²) >= 11 is 0. The predicted molar refractivity (Wildman–Crippen MR) is 107 cm³/mol. The minimum atomic E-state index is -0.222. The van der Waals surface area contributed by atoms with Crippen molar-refractivity contribution in [3.05, 3.63) is 29.3 Å². The molecular formula is C23H26N2O4. The fraction of sp³-hybridized carbons (Fsp3) is 0.609. The van der Waals surface area contributed by atoms with E-state index in [-0.39, 0.29) is 29.4 Å². The minimum absolute atomic E-state index is 0.0326. The van der Waals surface area contributed by atoms with Gasteiger partial charge < -0.3 is 19.1 Å². The summed E-state index contributed by atoms with van der Waals surface area (Å²) in [6.07, 6.45) is 4.74. The van der Waals surface area contributed by atoms with Crippen LogP contribution in [0.3, 0.4) is 0 Å². The lowest BCUT2D eigenvalue weighted by atomic mass is 9.53. The summed E-state index contributed by atoms with van der Waals surface area (Å²) in [5, 5.41) is 0. The van der Waals surface area contributed by atoms with Gasteiger partial charge in [-0.2, -0.15) is 0 Å². The molecule has 4 fully saturated rings. The van der Waals surface area contributed by atoms with E-state index in [1.807, 2.05) is 11.0 Å². The largest absolute Gasteiger partial charge is 0.493 e. The number of benzene rings is 1. The van der Waals surface area contributed by atoms with E-state index < -0.39 is 0 Å². The number of hydrogen-bond donors (Lipinski definition) is 0. The molecule has 29 heavy (non-hydrogen) atoms. The van der Waals surface area contributed by atoms with Gasteiger partial charge in [0.05, 0.1) is 46.5 Å². The molecule has 0 N–H and O–H groups in total. The third-order valence-electron chi connectivity index (χ3n) is 8.69. The summed E-state index contributed by atoms with van der Waals surface area (Å²) in [4.78, 5) is 18.1. The number of hydrogen-bond acceptors (Lipinski definition) is 5. The highest BCUT2D eigenvalue weighted by Gasteiger charge is 2.71. The monoisotopic (exact) mass is 395 g/mol. The number of fused-ring (bicyclic) bond motifs is 2. The Labute approximate surface area is 171 Å². The zero-order chi connectivity index (χ0) is 20.4. The van der Waals surface area contributed by atoms with Crippen molar-refractivity contribution in [2.75, 3.05) is 38.8 Å². The van der Waals surface area contributed by atoms with Crippen LogP contribution in [-0.4, -0.2) is 62.9 Å². The Hall–Kier alpha value is -2.05. The lowest BCUT2D eigenvalue weighted by Gasteiger charge is -2.58. The minimum Gasteiger partial charge on any atom is -0.493 e.